The second-order valence-corrected chi connectivity index (χ2v) is 9.09. The quantitative estimate of drug-likeness (QED) is 0.789. The van der Waals surface area contributed by atoms with Gasteiger partial charge in [-0.3, -0.25) is 14.4 Å². The summed E-state index contributed by atoms with van der Waals surface area (Å²) in [6.45, 7) is 6.39. The number of hydrogen-bond donors (Lipinski definition) is 1. The fraction of sp³-hybridized carbons (Fsp3) is 0.385. The van der Waals surface area contributed by atoms with Crippen LogP contribution in [0.4, 0.5) is 0 Å². The molecular weight excluding hydrogens is 384 g/mol. The number of hydrogen-bond acceptors (Lipinski definition) is 3. The Morgan fingerprint density at radius 1 is 1.16 bits per heavy atom. The van der Waals surface area contributed by atoms with Crippen molar-refractivity contribution in [3.05, 3.63) is 71.2 Å². The smallest absolute Gasteiger partial charge is 0.255 e. The van der Waals surface area contributed by atoms with Crippen molar-refractivity contribution in [1.29, 1.82) is 0 Å². The molecule has 5 heteroatoms. The van der Waals surface area contributed by atoms with Crippen molar-refractivity contribution in [2.45, 2.75) is 33.1 Å². The number of fused-ring (bicyclic) bond motifs is 2. The third-order valence-corrected chi connectivity index (χ3v) is 6.79. The molecule has 1 aromatic heterocycles. The number of nitrogens with zero attached hydrogens (tertiary/aromatic N) is 3. The van der Waals surface area contributed by atoms with Crippen molar-refractivity contribution < 1.29 is 4.79 Å². The Hall–Kier alpha value is -2.92. The van der Waals surface area contributed by atoms with E-state index >= 15 is 0 Å². The lowest BCUT2D eigenvalue weighted by Crippen LogP contribution is -2.31. The molecule has 1 aromatic carbocycles. The molecule has 1 saturated heterocycles. The molecule has 1 amide bonds. The molecule has 1 unspecified atom stereocenters. The van der Waals surface area contributed by atoms with E-state index in [1.54, 1.807) is 0 Å². The minimum absolute atomic E-state index is 0.0347. The van der Waals surface area contributed by atoms with Crippen LogP contribution in [-0.2, 0) is 11.8 Å². The van der Waals surface area contributed by atoms with Gasteiger partial charge in [0.25, 0.3) is 5.91 Å². The molecule has 3 aliphatic heterocycles. The summed E-state index contributed by atoms with van der Waals surface area (Å²) in [6.07, 6.45) is 15.7. The van der Waals surface area contributed by atoms with E-state index in [1.807, 2.05) is 28.9 Å². The first-order chi connectivity index (χ1) is 15.0. The highest BCUT2D eigenvalue weighted by molar-refractivity contribution is 5.99. The van der Waals surface area contributed by atoms with Gasteiger partial charge in [-0.1, -0.05) is 19.1 Å². The first-order valence-corrected chi connectivity index (χ1v) is 11.3. The molecule has 3 aliphatic rings. The summed E-state index contributed by atoms with van der Waals surface area (Å²) in [5.41, 5.74) is 6.63. The van der Waals surface area contributed by atoms with Gasteiger partial charge in [-0.25, -0.2) is 0 Å². The Labute approximate surface area is 183 Å². The van der Waals surface area contributed by atoms with E-state index in [0.29, 0.717) is 5.92 Å². The standard InChI is InChI=1S/C26H30N4O/c1-17-4-6-23-7-5-20(19-8-10-27-11-9-19)16-30(23)25(31)14-24(17)21-12-18(2)26-22(13-21)15-29(3)28-26/h5-7,12-17,19,27H,4,8-11H2,1-3H3. The molecule has 1 fully saturated rings. The molecule has 0 spiro atoms. The Morgan fingerprint density at radius 3 is 2.77 bits per heavy atom. The number of carbonyl (C=O) groups excluding carboxylic acids is 1. The molecule has 31 heavy (non-hydrogen) atoms. The molecule has 0 aliphatic carbocycles. The number of carbonyl (C=O) groups is 1. The van der Waals surface area contributed by atoms with Crippen LogP contribution in [0.15, 0.2) is 60.1 Å². The Balaban J connectivity index is 1.51. The number of amides is 1. The molecular formula is C26H30N4O. The van der Waals surface area contributed by atoms with E-state index in [4.69, 9.17) is 0 Å². The van der Waals surface area contributed by atoms with E-state index in [1.165, 1.54) is 5.57 Å². The predicted octanol–water partition coefficient (Wildman–Crippen LogP) is 4.47. The first-order valence-electron chi connectivity index (χ1n) is 11.3. The van der Waals surface area contributed by atoms with Gasteiger partial charge in [0.1, 0.15) is 0 Å². The normalized spacial score (nSPS) is 22.5. The lowest BCUT2D eigenvalue weighted by Gasteiger charge is -2.31. The number of benzene rings is 1. The maximum atomic E-state index is 13.4. The van der Waals surface area contributed by atoms with Crippen molar-refractivity contribution >= 4 is 22.4 Å². The highest BCUT2D eigenvalue weighted by Crippen LogP contribution is 2.34. The number of aromatic nitrogens is 2. The molecule has 160 valence electrons. The van der Waals surface area contributed by atoms with Crippen LogP contribution in [0.25, 0.3) is 16.5 Å². The Morgan fingerprint density at radius 2 is 1.97 bits per heavy atom. The van der Waals surface area contributed by atoms with Crippen LogP contribution < -0.4 is 5.32 Å². The van der Waals surface area contributed by atoms with E-state index in [-0.39, 0.29) is 11.8 Å². The molecule has 1 atom stereocenters. The van der Waals surface area contributed by atoms with Crippen LogP contribution in [0, 0.1) is 18.8 Å². The highest BCUT2D eigenvalue weighted by Gasteiger charge is 2.25. The number of nitrogens with one attached hydrogen (secondary N) is 1. The average molecular weight is 415 g/mol. The fourth-order valence-electron chi connectivity index (χ4n) is 5.02. The summed E-state index contributed by atoms with van der Waals surface area (Å²) >= 11 is 0. The number of allylic oxidation sites excluding steroid dienone is 5. The molecule has 0 radical (unpaired) electrons. The summed E-state index contributed by atoms with van der Waals surface area (Å²) in [7, 11) is 1.95. The lowest BCUT2D eigenvalue weighted by atomic mass is 9.86. The number of rotatable bonds is 2. The van der Waals surface area contributed by atoms with Crippen LogP contribution in [0.2, 0.25) is 0 Å². The topological polar surface area (TPSA) is 50.2 Å². The summed E-state index contributed by atoms with van der Waals surface area (Å²) in [5.74, 6) is 0.818. The van der Waals surface area contributed by atoms with E-state index < -0.39 is 0 Å². The zero-order valence-electron chi connectivity index (χ0n) is 18.6. The summed E-state index contributed by atoms with van der Waals surface area (Å²) in [6, 6.07) is 4.34. The third-order valence-electron chi connectivity index (χ3n) is 6.79. The SMILES string of the molecule is Cc1cc(C2=CC(=O)N3C=C(C4CCNCC4)C=CC3=CCC2C)cc2cn(C)nc12. The summed E-state index contributed by atoms with van der Waals surface area (Å²) in [4.78, 5) is 15.3. The summed E-state index contributed by atoms with van der Waals surface area (Å²) in [5, 5.41) is 9.11. The van der Waals surface area contributed by atoms with Gasteiger partial charge in [0.05, 0.1) is 5.52 Å². The second kappa shape index (κ2) is 7.97. The van der Waals surface area contributed by atoms with Crippen LogP contribution in [-0.4, -0.2) is 33.7 Å². The van der Waals surface area contributed by atoms with Crippen LogP contribution in [0.3, 0.4) is 0 Å². The molecule has 1 N–H and O–H groups in total. The van der Waals surface area contributed by atoms with E-state index in [9.17, 15) is 4.79 Å². The molecule has 2 aromatic rings. The summed E-state index contributed by atoms with van der Waals surface area (Å²) < 4.78 is 1.85. The van der Waals surface area contributed by atoms with Gasteiger partial charge in [0.2, 0.25) is 0 Å². The lowest BCUT2D eigenvalue weighted by molar-refractivity contribution is -0.122. The van der Waals surface area contributed by atoms with Gasteiger partial charge in [-0.15, -0.1) is 0 Å². The Kier molecular flexibility index (Phi) is 5.14. The minimum atomic E-state index is 0.0347. The van der Waals surface area contributed by atoms with Crippen LogP contribution >= 0.6 is 0 Å². The number of piperidine rings is 1. The maximum absolute atomic E-state index is 13.4. The van der Waals surface area contributed by atoms with Crippen molar-refractivity contribution in [3.8, 4) is 0 Å². The van der Waals surface area contributed by atoms with Crippen molar-refractivity contribution in [2.24, 2.45) is 18.9 Å². The molecule has 5 rings (SSSR count). The van der Waals surface area contributed by atoms with Gasteiger partial charge in [0.15, 0.2) is 0 Å². The zero-order valence-corrected chi connectivity index (χ0v) is 18.6. The third kappa shape index (κ3) is 3.79. The molecule has 0 saturated carbocycles. The van der Waals surface area contributed by atoms with Gasteiger partial charge in [-0.2, -0.15) is 5.10 Å². The highest BCUT2D eigenvalue weighted by atomic mass is 16.2. The predicted molar refractivity (Wildman–Crippen MR) is 125 cm³/mol. The largest absolute Gasteiger partial charge is 0.317 e. The van der Waals surface area contributed by atoms with Crippen molar-refractivity contribution in [2.75, 3.05) is 13.1 Å². The average Bonchev–Trinajstić information content (AvgIpc) is 3.16. The van der Waals surface area contributed by atoms with Gasteiger partial charge in [-0.05, 0) is 91.6 Å². The number of aryl methyl sites for hydroxylation is 2. The molecule has 4 heterocycles. The van der Waals surface area contributed by atoms with E-state index in [2.05, 4.69) is 60.8 Å². The maximum Gasteiger partial charge on any atom is 0.255 e. The fourth-order valence-corrected chi connectivity index (χ4v) is 5.02. The molecule has 0 bridgehead atoms. The van der Waals surface area contributed by atoms with Gasteiger partial charge < -0.3 is 5.32 Å². The Bertz CT molecular complexity index is 1160. The van der Waals surface area contributed by atoms with Crippen LogP contribution in [0.1, 0.15) is 37.3 Å². The zero-order chi connectivity index (χ0) is 21.5. The van der Waals surface area contributed by atoms with Gasteiger partial charge >= 0.3 is 0 Å². The van der Waals surface area contributed by atoms with Crippen molar-refractivity contribution in [3.63, 3.8) is 0 Å². The van der Waals surface area contributed by atoms with E-state index in [0.717, 1.165) is 65.7 Å². The second-order valence-electron chi connectivity index (χ2n) is 9.09. The minimum Gasteiger partial charge on any atom is -0.317 e. The van der Waals surface area contributed by atoms with Crippen molar-refractivity contribution in [1.82, 2.24) is 20.0 Å². The monoisotopic (exact) mass is 414 g/mol. The first kappa shape index (κ1) is 20.0. The van der Waals surface area contributed by atoms with Crippen LogP contribution in [0.5, 0.6) is 0 Å². The molecule has 5 nitrogen and oxygen atoms in total. The van der Waals surface area contributed by atoms with Gasteiger partial charge in [0, 0.05) is 36.6 Å².